The zero-order valence-electron chi connectivity index (χ0n) is 10.1. The fraction of sp³-hybridized carbons (Fsp3) is 0.500. The lowest BCUT2D eigenvalue weighted by atomic mass is 10.2. The van der Waals surface area contributed by atoms with Crippen LogP contribution in [0.25, 0.3) is 0 Å². The van der Waals surface area contributed by atoms with Gasteiger partial charge in [0.15, 0.2) is 0 Å². The zero-order chi connectivity index (χ0) is 13.1. The first-order valence-electron chi connectivity index (χ1n) is 5.80. The van der Waals surface area contributed by atoms with Gasteiger partial charge in [-0.2, -0.15) is 0 Å². The van der Waals surface area contributed by atoms with Crippen LogP contribution in [-0.4, -0.2) is 42.4 Å². The molecule has 0 aromatic carbocycles. The number of nitrogens with zero attached hydrogens (tertiary/aromatic N) is 2. The van der Waals surface area contributed by atoms with Crippen LogP contribution in [0.2, 0.25) is 5.02 Å². The number of likely N-dealkylation sites (N-methyl/N-ethyl adjacent to an activating group) is 1. The molecule has 2 heterocycles. The predicted molar refractivity (Wildman–Crippen MR) is 68.5 cm³/mol. The van der Waals surface area contributed by atoms with Crippen molar-refractivity contribution in [2.75, 3.05) is 25.1 Å². The maximum atomic E-state index is 11.0. The number of pyridine rings is 1. The van der Waals surface area contributed by atoms with Crippen LogP contribution in [0.4, 0.5) is 5.82 Å². The van der Waals surface area contributed by atoms with Gasteiger partial charge in [0.1, 0.15) is 5.82 Å². The Labute approximate surface area is 110 Å². The van der Waals surface area contributed by atoms with Gasteiger partial charge in [-0.1, -0.05) is 11.6 Å². The average molecular weight is 271 g/mol. The van der Waals surface area contributed by atoms with Gasteiger partial charge in [-0.3, -0.25) is 0 Å². The monoisotopic (exact) mass is 270 g/mol. The van der Waals surface area contributed by atoms with E-state index in [2.05, 4.69) is 4.98 Å². The van der Waals surface area contributed by atoms with E-state index in [9.17, 15) is 4.79 Å². The van der Waals surface area contributed by atoms with E-state index in [1.54, 1.807) is 0 Å². The first kappa shape index (κ1) is 13.1. The highest BCUT2D eigenvalue weighted by Crippen LogP contribution is 2.27. The molecule has 1 aliphatic heterocycles. The first-order valence-corrected chi connectivity index (χ1v) is 6.18. The smallest absolute Gasteiger partial charge is 0.337 e. The molecule has 0 amide bonds. The van der Waals surface area contributed by atoms with Crippen LogP contribution in [0.15, 0.2) is 12.3 Å². The Hall–Kier alpha value is -1.33. The van der Waals surface area contributed by atoms with Crippen molar-refractivity contribution in [3.8, 4) is 0 Å². The van der Waals surface area contributed by atoms with E-state index in [1.807, 2.05) is 11.9 Å². The van der Waals surface area contributed by atoms with Crippen molar-refractivity contribution in [3.63, 3.8) is 0 Å². The van der Waals surface area contributed by atoms with Crippen molar-refractivity contribution in [2.45, 2.75) is 18.9 Å². The Morgan fingerprint density at radius 2 is 2.50 bits per heavy atom. The number of carbonyl (C=O) groups is 1. The summed E-state index contributed by atoms with van der Waals surface area (Å²) < 4.78 is 5.53. The fourth-order valence-electron chi connectivity index (χ4n) is 2.04. The lowest BCUT2D eigenvalue weighted by Gasteiger charge is -2.22. The molecule has 0 radical (unpaired) electrons. The minimum atomic E-state index is -1.05. The Kier molecular flexibility index (Phi) is 4.04. The summed E-state index contributed by atoms with van der Waals surface area (Å²) in [6, 6.07) is 1.40. The minimum Gasteiger partial charge on any atom is -0.478 e. The van der Waals surface area contributed by atoms with E-state index in [4.69, 9.17) is 21.4 Å². The van der Waals surface area contributed by atoms with Gasteiger partial charge < -0.3 is 14.7 Å². The molecule has 1 aromatic rings. The third-order valence-corrected chi connectivity index (χ3v) is 3.34. The van der Waals surface area contributed by atoms with E-state index < -0.39 is 5.97 Å². The fourth-order valence-corrected chi connectivity index (χ4v) is 2.38. The highest BCUT2D eigenvalue weighted by atomic mass is 35.5. The van der Waals surface area contributed by atoms with Gasteiger partial charge in [0.2, 0.25) is 0 Å². The van der Waals surface area contributed by atoms with E-state index in [0.29, 0.717) is 12.4 Å². The molecule has 0 aliphatic carbocycles. The van der Waals surface area contributed by atoms with Gasteiger partial charge in [-0.15, -0.1) is 0 Å². The molecule has 98 valence electrons. The van der Waals surface area contributed by atoms with Crippen LogP contribution in [-0.2, 0) is 4.74 Å². The van der Waals surface area contributed by atoms with Crippen molar-refractivity contribution >= 4 is 23.4 Å². The van der Waals surface area contributed by atoms with E-state index in [1.165, 1.54) is 12.3 Å². The van der Waals surface area contributed by atoms with Crippen molar-refractivity contribution in [3.05, 3.63) is 22.8 Å². The van der Waals surface area contributed by atoms with Crippen molar-refractivity contribution in [1.29, 1.82) is 0 Å². The topological polar surface area (TPSA) is 62.7 Å². The van der Waals surface area contributed by atoms with Crippen LogP contribution >= 0.6 is 11.6 Å². The third kappa shape index (κ3) is 2.73. The standard InChI is InChI=1S/C12H15ClN2O3/c1-15(7-8-3-2-6-18-8)11-10(13)9(12(16)17)4-5-14-11/h4-5,8H,2-3,6-7H2,1H3,(H,16,17). The molecule has 1 unspecified atom stereocenters. The summed E-state index contributed by atoms with van der Waals surface area (Å²) in [6.07, 6.45) is 3.70. The molecule has 6 heteroatoms. The van der Waals surface area contributed by atoms with Crippen LogP contribution < -0.4 is 4.90 Å². The molecule has 5 nitrogen and oxygen atoms in total. The molecular weight excluding hydrogens is 256 g/mol. The number of rotatable bonds is 4. The van der Waals surface area contributed by atoms with Crippen LogP contribution in [0.5, 0.6) is 0 Å². The molecule has 0 saturated carbocycles. The molecule has 1 aliphatic rings. The van der Waals surface area contributed by atoms with E-state index in [-0.39, 0.29) is 16.7 Å². The quantitative estimate of drug-likeness (QED) is 0.907. The molecule has 1 saturated heterocycles. The van der Waals surface area contributed by atoms with E-state index >= 15 is 0 Å². The van der Waals surface area contributed by atoms with Crippen LogP contribution in [0.1, 0.15) is 23.2 Å². The van der Waals surface area contributed by atoms with Gasteiger partial charge in [-0.25, -0.2) is 9.78 Å². The molecule has 18 heavy (non-hydrogen) atoms. The number of aromatic nitrogens is 1. The molecule has 0 spiro atoms. The number of aromatic carboxylic acids is 1. The summed E-state index contributed by atoms with van der Waals surface area (Å²) in [5.74, 6) is -0.568. The molecule has 0 bridgehead atoms. The van der Waals surface area contributed by atoms with Gasteiger partial charge >= 0.3 is 5.97 Å². The first-order chi connectivity index (χ1) is 8.59. The molecule has 1 N–H and O–H groups in total. The van der Waals surface area contributed by atoms with Crippen molar-refractivity contribution in [1.82, 2.24) is 4.98 Å². The average Bonchev–Trinajstić information content (AvgIpc) is 2.81. The summed E-state index contributed by atoms with van der Waals surface area (Å²) in [6.45, 7) is 1.45. The number of halogens is 1. The van der Waals surface area contributed by atoms with E-state index in [0.717, 1.165) is 19.4 Å². The summed E-state index contributed by atoms with van der Waals surface area (Å²) in [7, 11) is 1.83. The van der Waals surface area contributed by atoms with Gasteiger partial charge in [0.05, 0.1) is 16.7 Å². The highest BCUT2D eigenvalue weighted by molar-refractivity contribution is 6.35. The Bertz CT molecular complexity index is 447. The number of ether oxygens (including phenoxy) is 1. The van der Waals surface area contributed by atoms with Gasteiger partial charge in [-0.05, 0) is 18.9 Å². The second kappa shape index (κ2) is 5.54. The Balaban J connectivity index is 2.16. The summed E-state index contributed by atoms with van der Waals surface area (Å²) in [5, 5.41) is 9.17. The molecule has 1 atom stereocenters. The second-order valence-electron chi connectivity index (χ2n) is 4.32. The number of carboxylic acids is 1. The zero-order valence-corrected chi connectivity index (χ0v) is 10.9. The lowest BCUT2D eigenvalue weighted by molar-refractivity contribution is 0.0697. The van der Waals surface area contributed by atoms with Gasteiger partial charge in [0, 0.05) is 26.4 Å². The maximum absolute atomic E-state index is 11.0. The summed E-state index contributed by atoms with van der Waals surface area (Å²) in [4.78, 5) is 17.0. The maximum Gasteiger partial charge on any atom is 0.337 e. The third-order valence-electron chi connectivity index (χ3n) is 2.96. The largest absolute Gasteiger partial charge is 0.478 e. The molecule has 1 aromatic heterocycles. The van der Waals surface area contributed by atoms with Crippen LogP contribution in [0, 0.1) is 0 Å². The molecule has 2 rings (SSSR count). The summed E-state index contributed by atoms with van der Waals surface area (Å²) in [5.41, 5.74) is 0.0702. The molecular formula is C12H15ClN2O3. The number of hydrogen-bond acceptors (Lipinski definition) is 4. The Morgan fingerprint density at radius 1 is 1.72 bits per heavy atom. The van der Waals surface area contributed by atoms with Crippen molar-refractivity contribution < 1.29 is 14.6 Å². The number of anilines is 1. The normalized spacial score (nSPS) is 18.9. The summed E-state index contributed by atoms with van der Waals surface area (Å²) >= 11 is 6.06. The van der Waals surface area contributed by atoms with Crippen LogP contribution in [0.3, 0.4) is 0 Å². The predicted octanol–water partition coefficient (Wildman–Crippen LogP) is 2.05. The number of hydrogen-bond donors (Lipinski definition) is 1. The minimum absolute atomic E-state index is 0.0702. The highest BCUT2D eigenvalue weighted by Gasteiger charge is 2.21. The second-order valence-corrected chi connectivity index (χ2v) is 4.69. The SMILES string of the molecule is CN(CC1CCCO1)c1nccc(C(=O)O)c1Cl. The van der Waals surface area contributed by atoms with Crippen molar-refractivity contribution in [2.24, 2.45) is 0 Å². The molecule has 1 fully saturated rings. The Morgan fingerprint density at radius 3 is 3.11 bits per heavy atom. The van der Waals surface area contributed by atoms with Gasteiger partial charge in [0.25, 0.3) is 0 Å². The number of carboxylic acid groups (broad SMARTS) is 1. The lowest BCUT2D eigenvalue weighted by Crippen LogP contribution is -2.29.